The van der Waals surface area contributed by atoms with Crippen LogP contribution in [-0.4, -0.2) is 12.2 Å². The molecule has 0 bridgehead atoms. The summed E-state index contributed by atoms with van der Waals surface area (Å²) in [6.07, 6.45) is 10.7. The summed E-state index contributed by atoms with van der Waals surface area (Å²) in [6.45, 7) is 6.93. The van der Waals surface area contributed by atoms with Crippen molar-refractivity contribution >= 4 is 7.74 Å². The number of benzene rings is 2. The monoisotopic (exact) mass is 520 g/mol. The number of rotatable bonds is 8. The van der Waals surface area contributed by atoms with E-state index in [0.29, 0.717) is 20.6 Å². The van der Waals surface area contributed by atoms with Crippen LogP contribution in [-0.2, 0) is 16.6 Å². The van der Waals surface area contributed by atoms with Gasteiger partial charge in [0.05, 0.1) is 0 Å². The summed E-state index contributed by atoms with van der Waals surface area (Å²) in [5, 5.41) is 0. The van der Waals surface area contributed by atoms with Gasteiger partial charge in [-0.25, -0.2) is 0 Å². The van der Waals surface area contributed by atoms with Crippen molar-refractivity contribution in [2.45, 2.75) is 52.7 Å². The minimum absolute atomic E-state index is 0.139. The Hall–Kier alpha value is -2.57. The molecule has 2 aliphatic rings. The molecule has 0 fully saturated rings. The third-order valence-electron chi connectivity index (χ3n) is 6.09. The van der Waals surface area contributed by atoms with Crippen molar-refractivity contribution in [3.05, 3.63) is 91.7 Å². The predicted molar refractivity (Wildman–Crippen MR) is 127 cm³/mol. The Labute approximate surface area is 207 Å². The van der Waals surface area contributed by atoms with Crippen molar-refractivity contribution in [1.82, 2.24) is 0 Å². The van der Waals surface area contributed by atoms with Gasteiger partial charge in [0.1, 0.15) is 0 Å². The fourth-order valence-corrected chi connectivity index (χ4v) is 13.1. The molecule has 2 aromatic rings. The van der Waals surface area contributed by atoms with Crippen molar-refractivity contribution in [1.29, 1.82) is 0 Å². The molecule has 35 heavy (non-hydrogen) atoms. The molecule has 0 amide bonds. The Morgan fingerprint density at radius 2 is 1.06 bits per heavy atom. The number of hydrogen-bond acceptors (Lipinski definition) is 2. The zero-order chi connectivity index (χ0) is 25.3. The topological polar surface area (TPSA) is 18.5 Å². The van der Waals surface area contributed by atoms with E-state index < -0.39 is 39.9 Å². The molecule has 0 saturated carbocycles. The van der Waals surface area contributed by atoms with Crippen molar-refractivity contribution in [3.63, 3.8) is 0 Å². The average Bonchev–Trinajstić information content (AvgIpc) is 3.51. The van der Waals surface area contributed by atoms with Crippen LogP contribution in [0.1, 0.15) is 40.5 Å². The van der Waals surface area contributed by atoms with E-state index in [9.17, 15) is 0 Å². The van der Waals surface area contributed by atoms with E-state index in [4.69, 9.17) is 9.47 Å². The van der Waals surface area contributed by atoms with Crippen molar-refractivity contribution in [2.75, 3.05) is 0 Å². The third-order valence-corrected chi connectivity index (χ3v) is 14.0. The fourth-order valence-electron chi connectivity index (χ4n) is 4.87. The Morgan fingerprint density at radius 3 is 1.37 bits per heavy atom. The molecule has 7 heteroatoms. The fraction of sp³-hybridized carbons (Fsp3) is 0.286. The molecule has 0 aliphatic heterocycles. The molecule has 2 aromatic carbocycles. The van der Waals surface area contributed by atoms with Crippen molar-refractivity contribution in [3.8, 4) is 11.5 Å². The Balaban J connectivity index is 2.15. The van der Waals surface area contributed by atoms with E-state index in [1.165, 1.54) is 12.1 Å². The molecule has 0 aromatic heterocycles. The van der Waals surface area contributed by atoms with Crippen LogP contribution in [0.3, 0.4) is 0 Å². The van der Waals surface area contributed by atoms with Crippen LogP contribution in [0.5, 0.6) is 11.5 Å². The molecular weight excluding hydrogens is 492 g/mol. The Morgan fingerprint density at radius 1 is 0.657 bits per heavy atom. The second-order valence-electron chi connectivity index (χ2n) is 9.20. The van der Waals surface area contributed by atoms with Crippen LogP contribution >= 0.6 is 0 Å². The summed E-state index contributed by atoms with van der Waals surface area (Å²) in [7, 11) is 0. The average molecular weight is 520 g/mol. The van der Waals surface area contributed by atoms with Gasteiger partial charge < -0.3 is 0 Å². The van der Waals surface area contributed by atoms with Gasteiger partial charge in [0, 0.05) is 0 Å². The maximum atomic E-state index is 16.3. The summed E-state index contributed by atoms with van der Waals surface area (Å²) in [5.74, 6) is -3.78. The second kappa shape index (κ2) is 10.2. The summed E-state index contributed by atoms with van der Waals surface area (Å²) in [6, 6.07) is 4.72. The van der Waals surface area contributed by atoms with Gasteiger partial charge in [-0.2, -0.15) is 0 Å². The van der Waals surface area contributed by atoms with Gasteiger partial charge in [-0.3, -0.25) is 0 Å². The predicted octanol–water partition coefficient (Wildman–Crippen LogP) is 6.61. The van der Waals surface area contributed by atoms with Crippen molar-refractivity contribution < 1.29 is 43.6 Å². The van der Waals surface area contributed by atoms with E-state index in [1.807, 2.05) is 12.2 Å². The first-order chi connectivity index (χ1) is 16.7. The van der Waals surface area contributed by atoms with Gasteiger partial charge >= 0.3 is 207 Å². The molecule has 4 rings (SSSR count). The first-order valence-corrected chi connectivity index (χ1v) is 14.8. The SMILES string of the molecule is CC(C)Oc1ccc(F)[c]([Ti]([C]2=CC=CC2)([C]2=CC=CC2)[c]2c(F)ccc(OC(C)C)c2F)c1F. The van der Waals surface area contributed by atoms with Gasteiger partial charge in [-0.05, 0) is 0 Å². The van der Waals surface area contributed by atoms with E-state index in [0.717, 1.165) is 12.1 Å². The number of ether oxygens (including phenoxy) is 2. The van der Waals surface area contributed by atoms with Crippen LogP contribution in [0.25, 0.3) is 0 Å². The molecule has 0 saturated heterocycles. The molecule has 0 atom stereocenters. The standard InChI is InChI=1S/2C9H9F2O.2C5H5.Ti/c2*1-6(2)12-9-4-3-7(10)5-8(9)11;2*1-2-4-5-3-1;/h2*3-4,6H,1-2H3;2*1-3H,4H2;. The van der Waals surface area contributed by atoms with Crippen LogP contribution in [0.2, 0.25) is 0 Å². The van der Waals surface area contributed by atoms with E-state index in [2.05, 4.69) is 0 Å². The zero-order valence-electron chi connectivity index (χ0n) is 20.2. The first kappa shape index (κ1) is 25.5. The second-order valence-corrected chi connectivity index (χ2v) is 15.1. The molecule has 0 spiro atoms. The Kier molecular flexibility index (Phi) is 7.44. The number of allylic oxidation sites excluding steroid dienone is 8. The van der Waals surface area contributed by atoms with Crippen LogP contribution < -0.4 is 17.2 Å². The third kappa shape index (κ3) is 4.54. The molecule has 0 radical (unpaired) electrons. The number of hydrogen-bond donors (Lipinski definition) is 0. The minimum atomic E-state index is -4.85. The zero-order valence-corrected chi connectivity index (χ0v) is 21.7. The summed E-state index contributed by atoms with van der Waals surface area (Å²) < 4.78 is 76.1. The van der Waals surface area contributed by atoms with E-state index in [1.54, 1.807) is 52.0 Å². The van der Waals surface area contributed by atoms with E-state index >= 15 is 17.6 Å². The summed E-state index contributed by atoms with van der Waals surface area (Å²) >= 11 is -4.85. The van der Waals surface area contributed by atoms with Gasteiger partial charge in [0.2, 0.25) is 0 Å². The molecule has 0 N–H and O–H groups in total. The van der Waals surface area contributed by atoms with Crippen LogP contribution in [0, 0.1) is 23.3 Å². The molecule has 0 heterocycles. The Bertz CT molecular complexity index is 1160. The quantitative estimate of drug-likeness (QED) is 0.288. The van der Waals surface area contributed by atoms with Crippen LogP contribution in [0.4, 0.5) is 17.6 Å². The van der Waals surface area contributed by atoms with Gasteiger partial charge in [-0.15, -0.1) is 0 Å². The van der Waals surface area contributed by atoms with Gasteiger partial charge in [0.15, 0.2) is 0 Å². The number of halogens is 4. The molecule has 2 aliphatic carbocycles. The summed E-state index contributed by atoms with van der Waals surface area (Å²) in [5.41, 5.74) is 0. The van der Waals surface area contributed by atoms with Gasteiger partial charge in [0.25, 0.3) is 0 Å². The first-order valence-electron chi connectivity index (χ1n) is 11.7. The van der Waals surface area contributed by atoms with Gasteiger partial charge in [-0.1, -0.05) is 0 Å². The van der Waals surface area contributed by atoms with E-state index in [-0.39, 0.29) is 31.4 Å². The molecular formula is C28H28F4O2Ti. The maximum absolute atomic E-state index is 16.3. The molecule has 2 nitrogen and oxygen atoms in total. The normalized spacial score (nSPS) is 15.3. The van der Waals surface area contributed by atoms with Crippen LogP contribution in [0.15, 0.2) is 68.5 Å². The molecule has 184 valence electrons. The van der Waals surface area contributed by atoms with Crippen molar-refractivity contribution in [2.24, 2.45) is 0 Å². The molecule has 0 unspecified atom stereocenters. The summed E-state index contributed by atoms with van der Waals surface area (Å²) in [4.78, 5) is 0.